The lowest BCUT2D eigenvalue weighted by Gasteiger charge is -2.29. The number of hydrogen-bond donors (Lipinski definition) is 4. The molecule has 2 aromatic carbocycles. The summed E-state index contributed by atoms with van der Waals surface area (Å²) in [6.07, 6.45) is 2.39. The van der Waals surface area contributed by atoms with E-state index in [2.05, 4.69) is 17.3 Å². The number of benzene rings is 2. The summed E-state index contributed by atoms with van der Waals surface area (Å²) in [4.78, 5) is 13.9. The van der Waals surface area contributed by atoms with Gasteiger partial charge in [0.25, 0.3) is 0 Å². The first-order valence-electron chi connectivity index (χ1n) is 9.63. The van der Waals surface area contributed by atoms with Gasteiger partial charge in [-0.15, -0.1) is 0 Å². The average Bonchev–Trinajstić information content (AvgIpc) is 2.69. The van der Waals surface area contributed by atoms with E-state index in [0.29, 0.717) is 18.0 Å². The Bertz CT molecular complexity index is 857. The van der Waals surface area contributed by atoms with Crippen LogP contribution in [0.1, 0.15) is 34.3 Å². The first-order chi connectivity index (χ1) is 13.4. The molecular formula is C22H28N4O2. The van der Waals surface area contributed by atoms with Crippen LogP contribution < -0.4 is 11.1 Å². The number of likely N-dealkylation sites (tertiary alicyclic amines) is 1. The molecule has 3 rings (SSSR count). The molecule has 0 spiro atoms. The third kappa shape index (κ3) is 5.18. The molecule has 0 radical (unpaired) electrons. The molecule has 28 heavy (non-hydrogen) atoms. The predicted octanol–water partition coefficient (Wildman–Crippen LogP) is 2.77. The standard InChI is InChI=1S/C22H28N4O2/c1-26-7-5-15(6-8-26)13-25-14-16-9-19(12-20(10-16)22(27)28)17-3-2-4-18(11-17)21(23)24/h2-4,9-12,15,25H,5-8,13-14H2,1H3,(H3,23,24)(H,27,28). The molecule has 0 aromatic heterocycles. The van der Waals surface area contributed by atoms with Gasteiger partial charge >= 0.3 is 5.97 Å². The zero-order valence-corrected chi connectivity index (χ0v) is 16.2. The number of rotatable bonds is 7. The minimum Gasteiger partial charge on any atom is -0.478 e. The fourth-order valence-corrected chi connectivity index (χ4v) is 3.64. The maximum atomic E-state index is 11.6. The normalized spacial score (nSPS) is 15.5. The van der Waals surface area contributed by atoms with Crippen LogP contribution in [0.3, 0.4) is 0 Å². The molecule has 0 amide bonds. The third-order valence-electron chi connectivity index (χ3n) is 5.35. The van der Waals surface area contributed by atoms with Gasteiger partial charge in [-0.3, -0.25) is 5.41 Å². The van der Waals surface area contributed by atoms with Crippen molar-refractivity contribution in [3.8, 4) is 11.1 Å². The molecule has 1 saturated heterocycles. The van der Waals surface area contributed by atoms with Gasteiger partial charge in [0.15, 0.2) is 0 Å². The molecular weight excluding hydrogens is 352 g/mol. The van der Waals surface area contributed by atoms with Crippen molar-refractivity contribution in [1.29, 1.82) is 5.41 Å². The summed E-state index contributed by atoms with van der Waals surface area (Å²) in [5, 5.41) is 20.6. The number of carboxylic acids is 1. The Balaban J connectivity index is 1.75. The van der Waals surface area contributed by atoms with E-state index in [0.717, 1.165) is 36.3 Å². The van der Waals surface area contributed by atoms with Gasteiger partial charge in [-0.2, -0.15) is 0 Å². The van der Waals surface area contributed by atoms with Crippen LogP contribution in [0.15, 0.2) is 42.5 Å². The highest BCUT2D eigenvalue weighted by molar-refractivity contribution is 5.96. The van der Waals surface area contributed by atoms with Gasteiger partial charge in [-0.1, -0.05) is 18.2 Å². The molecule has 0 bridgehead atoms. The lowest BCUT2D eigenvalue weighted by atomic mass is 9.96. The topological polar surface area (TPSA) is 102 Å². The third-order valence-corrected chi connectivity index (χ3v) is 5.35. The molecule has 1 fully saturated rings. The number of amidine groups is 1. The number of carboxylic acid groups (broad SMARTS) is 1. The second kappa shape index (κ2) is 8.99. The number of piperidine rings is 1. The van der Waals surface area contributed by atoms with Crippen LogP contribution in [-0.4, -0.2) is 48.5 Å². The second-order valence-electron chi connectivity index (χ2n) is 7.60. The summed E-state index contributed by atoms with van der Waals surface area (Å²) >= 11 is 0. The van der Waals surface area contributed by atoms with Crippen molar-refractivity contribution < 1.29 is 9.90 Å². The number of aromatic carboxylic acids is 1. The van der Waals surface area contributed by atoms with Gasteiger partial charge in [0.05, 0.1) is 5.56 Å². The van der Waals surface area contributed by atoms with Crippen molar-refractivity contribution in [3.05, 3.63) is 59.2 Å². The van der Waals surface area contributed by atoms with Crippen LogP contribution in [0.4, 0.5) is 0 Å². The summed E-state index contributed by atoms with van der Waals surface area (Å²) in [6, 6.07) is 12.7. The van der Waals surface area contributed by atoms with E-state index in [1.807, 2.05) is 24.3 Å². The van der Waals surface area contributed by atoms with Crippen LogP contribution in [-0.2, 0) is 6.54 Å². The van der Waals surface area contributed by atoms with Gasteiger partial charge in [0.2, 0.25) is 0 Å². The molecule has 5 N–H and O–H groups in total. The van der Waals surface area contributed by atoms with Crippen LogP contribution in [0.2, 0.25) is 0 Å². The second-order valence-corrected chi connectivity index (χ2v) is 7.60. The first kappa shape index (κ1) is 20.0. The van der Waals surface area contributed by atoms with E-state index in [9.17, 15) is 9.90 Å². The quantitative estimate of drug-likeness (QED) is 0.437. The molecule has 0 atom stereocenters. The van der Waals surface area contributed by atoms with Crippen molar-refractivity contribution in [3.63, 3.8) is 0 Å². The van der Waals surface area contributed by atoms with Crippen LogP contribution in [0.25, 0.3) is 11.1 Å². The predicted molar refractivity (Wildman–Crippen MR) is 112 cm³/mol. The summed E-state index contributed by atoms with van der Waals surface area (Å²) in [6.45, 7) is 3.85. The highest BCUT2D eigenvalue weighted by Gasteiger charge is 2.16. The Morgan fingerprint density at radius 1 is 1.18 bits per heavy atom. The lowest BCUT2D eigenvalue weighted by molar-refractivity contribution is 0.0697. The molecule has 6 heteroatoms. The van der Waals surface area contributed by atoms with Crippen molar-refractivity contribution in [2.24, 2.45) is 11.7 Å². The Morgan fingerprint density at radius 2 is 1.89 bits per heavy atom. The van der Waals surface area contributed by atoms with Gasteiger partial charge in [0.1, 0.15) is 5.84 Å². The largest absolute Gasteiger partial charge is 0.478 e. The maximum absolute atomic E-state index is 11.6. The van der Waals surface area contributed by atoms with E-state index < -0.39 is 5.97 Å². The van der Waals surface area contributed by atoms with E-state index in [1.165, 1.54) is 12.8 Å². The van der Waals surface area contributed by atoms with Crippen LogP contribution >= 0.6 is 0 Å². The van der Waals surface area contributed by atoms with Crippen molar-refractivity contribution in [1.82, 2.24) is 10.2 Å². The van der Waals surface area contributed by atoms with Crippen molar-refractivity contribution in [2.75, 3.05) is 26.7 Å². The molecule has 1 aliphatic rings. The fourth-order valence-electron chi connectivity index (χ4n) is 3.64. The first-order valence-corrected chi connectivity index (χ1v) is 9.63. The molecule has 2 aromatic rings. The summed E-state index contributed by atoms with van der Waals surface area (Å²) in [7, 11) is 2.16. The minimum absolute atomic E-state index is 0.00347. The van der Waals surface area contributed by atoms with E-state index in [-0.39, 0.29) is 11.4 Å². The van der Waals surface area contributed by atoms with E-state index in [4.69, 9.17) is 11.1 Å². The number of nitrogens with two attached hydrogens (primary N) is 1. The van der Waals surface area contributed by atoms with E-state index in [1.54, 1.807) is 18.2 Å². The maximum Gasteiger partial charge on any atom is 0.335 e. The Kier molecular flexibility index (Phi) is 6.44. The lowest BCUT2D eigenvalue weighted by Crippen LogP contribution is -2.34. The summed E-state index contributed by atoms with van der Waals surface area (Å²) in [5.74, 6) is -0.275. The molecule has 0 aliphatic carbocycles. The smallest absolute Gasteiger partial charge is 0.335 e. The van der Waals surface area contributed by atoms with Crippen LogP contribution in [0, 0.1) is 11.3 Å². The van der Waals surface area contributed by atoms with Gasteiger partial charge in [0, 0.05) is 12.1 Å². The summed E-state index contributed by atoms with van der Waals surface area (Å²) in [5.41, 5.74) is 9.09. The highest BCUT2D eigenvalue weighted by atomic mass is 16.4. The van der Waals surface area contributed by atoms with Crippen molar-refractivity contribution >= 4 is 11.8 Å². The highest BCUT2D eigenvalue weighted by Crippen LogP contribution is 2.24. The number of nitrogen functional groups attached to an aromatic ring is 1. The van der Waals surface area contributed by atoms with Gasteiger partial charge in [-0.25, -0.2) is 4.79 Å². The SMILES string of the molecule is CN1CCC(CNCc2cc(C(=O)O)cc(-c3cccc(C(=N)N)c3)c2)CC1. The molecule has 0 saturated carbocycles. The molecule has 1 heterocycles. The fraction of sp³-hybridized carbons (Fsp3) is 0.364. The Morgan fingerprint density at radius 3 is 2.57 bits per heavy atom. The molecule has 6 nitrogen and oxygen atoms in total. The van der Waals surface area contributed by atoms with Gasteiger partial charge in [-0.05, 0) is 86.4 Å². The van der Waals surface area contributed by atoms with Gasteiger partial charge < -0.3 is 21.1 Å². The zero-order chi connectivity index (χ0) is 20.1. The van der Waals surface area contributed by atoms with Crippen molar-refractivity contribution in [2.45, 2.75) is 19.4 Å². The number of carbonyl (C=O) groups is 1. The number of nitrogens with one attached hydrogen (secondary N) is 2. The number of hydrogen-bond acceptors (Lipinski definition) is 4. The zero-order valence-electron chi connectivity index (χ0n) is 16.2. The molecule has 1 aliphatic heterocycles. The summed E-state index contributed by atoms with van der Waals surface area (Å²) < 4.78 is 0. The Hall–Kier alpha value is -2.70. The molecule has 148 valence electrons. The average molecular weight is 380 g/mol. The molecule has 0 unspecified atom stereocenters. The van der Waals surface area contributed by atoms with E-state index >= 15 is 0 Å². The number of nitrogens with zero attached hydrogens (tertiary/aromatic N) is 1. The Labute approximate surface area is 165 Å². The van der Waals surface area contributed by atoms with Crippen LogP contribution in [0.5, 0.6) is 0 Å². The monoisotopic (exact) mass is 380 g/mol. The minimum atomic E-state index is -0.943.